The summed E-state index contributed by atoms with van der Waals surface area (Å²) >= 11 is 0. The predicted molar refractivity (Wildman–Crippen MR) is 81.8 cm³/mol. The van der Waals surface area contributed by atoms with Gasteiger partial charge in [0.05, 0.1) is 7.11 Å². The van der Waals surface area contributed by atoms with Crippen molar-refractivity contribution in [1.82, 2.24) is 4.90 Å². The highest BCUT2D eigenvalue weighted by Crippen LogP contribution is 2.30. The maximum absolute atomic E-state index is 13.1. The fourth-order valence-electron chi connectivity index (χ4n) is 3.25. The molecule has 1 saturated heterocycles. The highest BCUT2D eigenvalue weighted by molar-refractivity contribution is 5.74. The fraction of sp³-hybridized carbons (Fsp3) is 0.588. The van der Waals surface area contributed by atoms with Gasteiger partial charge in [0.15, 0.2) is 6.10 Å². The third-order valence-corrected chi connectivity index (χ3v) is 4.55. The molecule has 5 heteroatoms. The first kappa shape index (κ1) is 16.9. The van der Waals surface area contributed by atoms with Crippen LogP contribution in [-0.4, -0.2) is 42.3 Å². The molecule has 0 radical (unpaired) electrons. The van der Waals surface area contributed by atoms with E-state index in [0.29, 0.717) is 0 Å². The molecule has 2 atom stereocenters. The number of likely N-dealkylation sites (tertiary alicyclic amines) is 1. The van der Waals surface area contributed by atoms with Gasteiger partial charge in [0.1, 0.15) is 5.82 Å². The second-order valence-electron chi connectivity index (χ2n) is 5.82. The van der Waals surface area contributed by atoms with Crippen molar-refractivity contribution >= 4 is 5.97 Å². The van der Waals surface area contributed by atoms with Crippen LogP contribution in [0.25, 0.3) is 0 Å². The first-order valence-electron chi connectivity index (χ1n) is 7.82. The van der Waals surface area contributed by atoms with E-state index in [1.807, 2.05) is 12.1 Å². The molecule has 122 valence electrons. The molecule has 1 aromatic carbocycles. The number of methoxy groups -OCH3 is 1. The Morgan fingerprint density at radius 1 is 1.36 bits per heavy atom. The molecule has 22 heavy (non-hydrogen) atoms. The molecule has 0 aliphatic carbocycles. The van der Waals surface area contributed by atoms with Crippen LogP contribution in [0.3, 0.4) is 0 Å². The van der Waals surface area contributed by atoms with Crippen LogP contribution in [0.5, 0.6) is 0 Å². The summed E-state index contributed by atoms with van der Waals surface area (Å²) in [7, 11) is 1.29. The molecule has 1 N–H and O–H groups in total. The monoisotopic (exact) mass is 309 g/mol. The summed E-state index contributed by atoms with van der Waals surface area (Å²) in [6.45, 7) is 3.74. The molecule has 0 amide bonds. The number of nitrogens with zero attached hydrogens (tertiary/aromatic N) is 1. The average molecular weight is 309 g/mol. The summed E-state index contributed by atoms with van der Waals surface area (Å²) in [5, 5.41) is 9.94. The van der Waals surface area contributed by atoms with Crippen molar-refractivity contribution in [3.63, 3.8) is 0 Å². The highest BCUT2D eigenvalue weighted by atomic mass is 19.1. The smallest absolute Gasteiger partial charge is 0.334 e. The van der Waals surface area contributed by atoms with Gasteiger partial charge < -0.3 is 9.84 Å². The quantitative estimate of drug-likeness (QED) is 0.849. The van der Waals surface area contributed by atoms with Crippen LogP contribution >= 0.6 is 0 Å². The minimum atomic E-state index is -1.03. The molecule has 1 aromatic rings. The molecule has 0 spiro atoms. The van der Waals surface area contributed by atoms with Crippen molar-refractivity contribution in [3.05, 3.63) is 35.6 Å². The molecule has 0 unspecified atom stereocenters. The lowest BCUT2D eigenvalue weighted by atomic mass is 9.89. The third-order valence-electron chi connectivity index (χ3n) is 4.55. The van der Waals surface area contributed by atoms with Crippen LogP contribution in [0, 0.1) is 11.7 Å². The number of halogens is 1. The second-order valence-corrected chi connectivity index (χ2v) is 5.82. The molecule has 0 aromatic heterocycles. The number of aliphatic hydroxyl groups is 1. The van der Waals surface area contributed by atoms with Gasteiger partial charge in [0.2, 0.25) is 0 Å². The first-order valence-corrected chi connectivity index (χ1v) is 7.82. The van der Waals surface area contributed by atoms with Gasteiger partial charge in [-0.15, -0.1) is 0 Å². The Labute approximate surface area is 130 Å². The standard InChI is InChI=1S/C17H24FNO3/c1-3-15(12-4-6-14(18)7-5-12)19-10-8-13(9-11-19)16(20)17(21)22-2/h4-7,13,15-16,20H,3,8-11H2,1-2H3/t15-,16+/m1/s1. The zero-order valence-electron chi connectivity index (χ0n) is 13.2. The number of ether oxygens (including phenoxy) is 1. The van der Waals surface area contributed by atoms with Crippen LogP contribution in [0.2, 0.25) is 0 Å². The van der Waals surface area contributed by atoms with Crippen LogP contribution in [0.4, 0.5) is 4.39 Å². The van der Waals surface area contributed by atoms with Crippen LogP contribution in [0.1, 0.15) is 37.8 Å². The van der Waals surface area contributed by atoms with Gasteiger partial charge in [0.25, 0.3) is 0 Å². The number of hydrogen-bond acceptors (Lipinski definition) is 4. The van der Waals surface area contributed by atoms with Gasteiger partial charge >= 0.3 is 5.97 Å². The molecular weight excluding hydrogens is 285 g/mol. The first-order chi connectivity index (χ1) is 10.6. The minimum Gasteiger partial charge on any atom is -0.467 e. The van der Waals surface area contributed by atoms with Gasteiger partial charge in [-0.2, -0.15) is 0 Å². The summed E-state index contributed by atoms with van der Waals surface area (Å²) in [5.74, 6) is -0.822. The summed E-state index contributed by atoms with van der Waals surface area (Å²) in [4.78, 5) is 13.8. The number of esters is 1. The number of carbonyl (C=O) groups is 1. The zero-order valence-corrected chi connectivity index (χ0v) is 13.2. The SMILES string of the molecule is CC[C@H](c1ccc(F)cc1)N1CCC([C@H](O)C(=O)OC)CC1. The Balaban J connectivity index is 1.97. The Kier molecular flexibility index (Phi) is 5.91. The van der Waals surface area contributed by atoms with E-state index < -0.39 is 12.1 Å². The molecule has 1 heterocycles. The van der Waals surface area contributed by atoms with E-state index in [-0.39, 0.29) is 17.8 Å². The Hall–Kier alpha value is -1.46. The zero-order chi connectivity index (χ0) is 16.1. The highest BCUT2D eigenvalue weighted by Gasteiger charge is 2.32. The number of rotatable bonds is 5. The Morgan fingerprint density at radius 3 is 2.45 bits per heavy atom. The lowest BCUT2D eigenvalue weighted by Gasteiger charge is -2.38. The molecule has 1 fully saturated rings. The maximum Gasteiger partial charge on any atom is 0.334 e. The molecule has 0 bridgehead atoms. The lowest BCUT2D eigenvalue weighted by Crippen LogP contribution is -2.42. The van der Waals surface area contributed by atoms with E-state index in [4.69, 9.17) is 0 Å². The van der Waals surface area contributed by atoms with Crippen molar-refractivity contribution in [2.24, 2.45) is 5.92 Å². The van der Waals surface area contributed by atoms with Crippen molar-refractivity contribution in [3.8, 4) is 0 Å². The molecule has 2 rings (SSSR count). The van der Waals surface area contributed by atoms with Gasteiger partial charge in [-0.05, 0) is 56.0 Å². The van der Waals surface area contributed by atoms with E-state index in [1.165, 1.54) is 19.2 Å². The largest absolute Gasteiger partial charge is 0.467 e. The van der Waals surface area contributed by atoms with Crippen molar-refractivity contribution in [2.45, 2.75) is 38.3 Å². The van der Waals surface area contributed by atoms with E-state index in [2.05, 4.69) is 16.6 Å². The average Bonchev–Trinajstić information content (AvgIpc) is 2.56. The van der Waals surface area contributed by atoms with E-state index >= 15 is 0 Å². The summed E-state index contributed by atoms with van der Waals surface area (Å²) in [5.41, 5.74) is 1.11. The van der Waals surface area contributed by atoms with Crippen LogP contribution in [0.15, 0.2) is 24.3 Å². The van der Waals surface area contributed by atoms with Gasteiger partial charge in [0, 0.05) is 6.04 Å². The van der Waals surface area contributed by atoms with E-state index in [0.717, 1.165) is 37.9 Å². The fourth-order valence-corrected chi connectivity index (χ4v) is 3.25. The van der Waals surface area contributed by atoms with Crippen LogP contribution in [-0.2, 0) is 9.53 Å². The van der Waals surface area contributed by atoms with Gasteiger partial charge in [-0.3, -0.25) is 4.90 Å². The topological polar surface area (TPSA) is 49.8 Å². The normalized spacial score (nSPS) is 19.6. The lowest BCUT2D eigenvalue weighted by molar-refractivity contribution is -0.154. The molecular formula is C17H24FNO3. The molecule has 4 nitrogen and oxygen atoms in total. The molecule has 1 aliphatic heterocycles. The maximum atomic E-state index is 13.1. The Bertz CT molecular complexity index is 483. The van der Waals surface area contributed by atoms with Gasteiger partial charge in [-0.1, -0.05) is 19.1 Å². The summed E-state index contributed by atoms with van der Waals surface area (Å²) < 4.78 is 17.7. The number of carbonyl (C=O) groups excluding carboxylic acids is 1. The summed E-state index contributed by atoms with van der Waals surface area (Å²) in [6.07, 6.45) is 1.43. The number of piperidine rings is 1. The molecule has 1 aliphatic rings. The predicted octanol–water partition coefficient (Wildman–Crippen LogP) is 2.52. The number of aliphatic hydroxyl groups excluding tert-OH is 1. The Morgan fingerprint density at radius 2 is 1.95 bits per heavy atom. The minimum absolute atomic E-state index is 0.0468. The van der Waals surface area contributed by atoms with Crippen LogP contribution < -0.4 is 0 Å². The van der Waals surface area contributed by atoms with Crippen molar-refractivity contribution in [2.75, 3.05) is 20.2 Å². The van der Waals surface area contributed by atoms with Gasteiger partial charge in [-0.25, -0.2) is 9.18 Å². The van der Waals surface area contributed by atoms with Crippen molar-refractivity contribution in [1.29, 1.82) is 0 Å². The number of hydrogen-bond donors (Lipinski definition) is 1. The van der Waals surface area contributed by atoms with E-state index in [1.54, 1.807) is 0 Å². The van der Waals surface area contributed by atoms with E-state index in [9.17, 15) is 14.3 Å². The number of benzene rings is 1. The third kappa shape index (κ3) is 3.84. The summed E-state index contributed by atoms with van der Waals surface area (Å²) in [6, 6.07) is 6.90. The van der Waals surface area contributed by atoms with Crippen molar-refractivity contribution < 1.29 is 19.0 Å². The second kappa shape index (κ2) is 7.70. The molecule has 0 saturated carbocycles.